The van der Waals surface area contributed by atoms with Gasteiger partial charge < -0.3 is 6.63 Å². The molecule has 0 aliphatic rings. The van der Waals surface area contributed by atoms with Gasteiger partial charge in [0.15, 0.2) is 0 Å². The van der Waals surface area contributed by atoms with Crippen molar-refractivity contribution in [1.82, 2.24) is 0 Å². The van der Waals surface area contributed by atoms with Gasteiger partial charge in [0.2, 0.25) is 0 Å². The summed E-state index contributed by atoms with van der Waals surface area (Å²) in [5.41, 5.74) is 0. The summed E-state index contributed by atoms with van der Waals surface area (Å²) in [4.78, 5) is 8.36. The second-order valence-electron chi connectivity index (χ2n) is 0.238. The third-order valence-corrected chi connectivity index (χ3v) is 0. The number of hydrogen-bond donors (Lipinski definition) is 1. The van der Waals surface area contributed by atoms with Crippen molar-refractivity contribution in [2.75, 3.05) is 0 Å². The van der Waals surface area contributed by atoms with Crippen molar-refractivity contribution in [3.05, 3.63) is 10.1 Å². The fourth-order valence-corrected chi connectivity index (χ4v) is 0. The van der Waals surface area contributed by atoms with Crippen LogP contribution in [0.25, 0.3) is 0 Å². The fraction of sp³-hybridized carbons (Fsp3) is 0. The zero-order valence-electron chi connectivity index (χ0n) is 4.03. The third-order valence-electron chi connectivity index (χ3n) is 0. The molecule has 0 fully saturated rings. The van der Waals surface area contributed by atoms with Crippen molar-refractivity contribution in [3.8, 4) is 0 Å². The Morgan fingerprint density at radius 2 is 1.83 bits per heavy atom. The van der Waals surface area contributed by atoms with Crippen molar-refractivity contribution in [1.29, 1.82) is 0 Å². The van der Waals surface area contributed by atoms with Crippen LogP contribution in [0.1, 0.15) is 1.43 Å². The number of rotatable bonds is 0. The maximum Gasteiger partial charge on any atom is 1.00 e. The molecule has 0 unspecified atom stereocenters. The van der Waals surface area contributed by atoms with Crippen molar-refractivity contribution in [3.63, 3.8) is 0 Å². The van der Waals surface area contributed by atoms with Gasteiger partial charge in [-0.25, -0.2) is 0 Å². The molecular formula is H2LiNNiO3. The summed E-state index contributed by atoms with van der Waals surface area (Å²) < 4.78 is 0. The van der Waals surface area contributed by atoms with Crippen LogP contribution in [-0.4, -0.2) is 10.3 Å². The molecule has 0 aliphatic carbocycles. The van der Waals surface area contributed by atoms with E-state index in [0.29, 0.717) is 0 Å². The Morgan fingerprint density at radius 1 is 1.83 bits per heavy atom. The van der Waals surface area contributed by atoms with E-state index in [1.165, 1.54) is 0 Å². The van der Waals surface area contributed by atoms with Crippen LogP contribution in [0.15, 0.2) is 0 Å². The minimum absolute atomic E-state index is 0. The maximum atomic E-state index is 8.36. The van der Waals surface area contributed by atoms with E-state index in [1.54, 1.807) is 0 Å². The molecule has 0 spiro atoms. The quantitative estimate of drug-likeness (QED) is 0.213. The van der Waals surface area contributed by atoms with Crippen molar-refractivity contribution in [2.24, 2.45) is 0 Å². The standard InChI is InChI=1S/Li.HNO3.Ni.H/c;2-1(3)4;;/h;(H,2,3,4);;/q+1;;;-1. The van der Waals surface area contributed by atoms with Gasteiger partial charge in [-0.3, -0.25) is 0 Å². The SMILES string of the molecule is O=[N+]([O-])O.[H-].[Li+].[Ni]. The largest absolute Gasteiger partial charge is 1.00 e. The normalized spacial score (nSPS) is 4.00. The van der Waals surface area contributed by atoms with Gasteiger partial charge in [-0.1, -0.05) is 0 Å². The molecule has 36 valence electrons. The van der Waals surface area contributed by atoms with E-state index < -0.39 is 5.09 Å². The predicted octanol–water partition coefficient (Wildman–Crippen LogP) is -3.23. The molecule has 6 heteroatoms. The predicted molar refractivity (Wildman–Crippen MR) is 9.89 cm³/mol. The topological polar surface area (TPSA) is 63.4 Å². The van der Waals surface area contributed by atoms with Gasteiger partial charge >= 0.3 is 18.9 Å². The summed E-state index contributed by atoms with van der Waals surface area (Å²) in [6, 6.07) is 0. The molecule has 4 nitrogen and oxygen atoms in total. The van der Waals surface area contributed by atoms with Gasteiger partial charge in [0, 0.05) is 16.5 Å². The van der Waals surface area contributed by atoms with E-state index in [9.17, 15) is 0 Å². The summed E-state index contributed by atoms with van der Waals surface area (Å²) in [5.74, 6) is 0. The molecule has 0 amide bonds. The molecule has 0 rings (SSSR count). The molecule has 0 aromatic heterocycles. The second-order valence-corrected chi connectivity index (χ2v) is 0.238. The molecule has 0 bridgehead atoms. The van der Waals surface area contributed by atoms with Crippen LogP contribution in [0, 0.1) is 10.1 Å². The zero-order chi connectivity index (χ0) is 3.58. The first kappa shape index (κ1) is 16.3. The van der Waals surface area contributed by atoms with Gasteiger partial charge in [0.05, 0.1) is 0 Å². The Morgan fingerprint density at radius 3 is 1.83 bits per heavy atom. The molecule has 0 saturated heterocycles. The first-order valence-corrected chi connectivity index (χ1v) is 0.565. The smallest absolute Gasteiger partial charge is 1.00 e. The Kier molecular flexibility index (Phi) is 24.4. The van der Waals surface area contributed by atoms with E-state index in [-0.39, 0.29) is 36.8 Å². The van der Waals surface area contributed by atoms with E-state index in [0.717, 1.165) is 0 Å². The van der Waals surface area contributed by atoms with Crippen LogP contribution in [0.2, 0.25) is 0 Å². The summed E-state index contributed by atoms with van der Waals surface area (Å²) in [6.45, 7) is 0. The summed E-state index contributed by atoms with van der Waals surface area (Å²) in [5, 5.41) is 13.6. The van der Waals surface area contributed by atoms with Crippen molar-refractivity contribution >= 4 is 0 Å². The molecule has 1 N–H and O–H groups in total. The van der Waals surface area contributed by atoms with Crippen LogP contribution in [0.3, 0.4) is 0 Å². The minimum atomic E-state index is -1.50. The molecule has 0 heterocycles. The number of hydrogen-bond acceptors (Lipinski definition) is 2. The van der Waals surface area contributed by atoms with Gasteiger partial charge in [0.1, 0.15) is 0 Å². The van der Waals surface area contributed by atoms with Crippen LogP contribution in [0.4, 0.5) is 0 Å². The van der Waals surface area contributed by atoms with E-state index >= 15 is 0 Å². The second kappa shape index (κ2) is 8.99. The molecule has 0 atom stereocenters. The van der Waals surface area contributed by atoms with Crippen LogP contribution in [0.5, 0.6) is 0 Å². The Balaban J connectivity index is -0.0000000150. The molecule has 0 aliphatic heterocycles. The molecule has 0 aromatic rings. The Bertz CT molecular complexity index is 37.9. The maximum absolute atomic E-state index is 8.36. The molecule has 0 aromatic carbocycles. The molecule has 6 heavy (non-hydrogen) atoms. The van der Waals surface area contributed by atoms with Crippen LogP contribution in [-0.2, 0) is 16.5 Å². The van der Waals surface area contributed by atoms with Crippen molar-refractivity contribution < 1.29 is 47.1 Å². The minimum Gasteiger partial charge on any atom is -1.00 e. The fourth-order valence-electron chi connectivity index (χ4n) is 0. The monoisotopic (exact) mass is 129 g/mol. The first-order valence-electron chi connectivity index (χ1n) is 0.565. The Hall–Kier alpha value is 0.291. The zero-order valence-corrected chi connectivity index (χ0v) is 4.01. The van der Waals surface area contributed by atoms with E-state index in [4.69, 9.17) is 15.3 Å². The Labute approximate surface area is 57.6 Å². The summed E-state index contributed by atoms with van der Waals surface area (Å²) in [7, 11) is 0. The summed E-state index contributed by atoms with van der Waals surface area (Å²) in [6.07, 6.45) is 0. The first-order chi connectivity index (χ1) is 1.73. The van der Waals surface area contributed by atoms with Gasteiger partial charge in [-0.15, -0.1) is 10.1 Å². The molecule has 0 saturated carbocycles. The van der Waals surface area contributed by atoms with Gasteiger partial charge in [-0.2, -0.15) is 0 Å². The van der Waals surface area contributed by atoms with E-state index in [1.807, 2.05) is 0 Å². The van der Waals surface area contributed by atoms with Crippen molar-refractivity contribution in [2.45, 2.75) is 0 Å². The average molecular weight is 130 g/mol. The van der Waals surface area contributed by atoms with Gasteiger partial charge in [0.25, 0.3) is 5.09 Å². The third kappa shape index (κ3) is 549. The molecular weight excluding hydrogens is 128 g/mol. The molecule has 0 radical (unpaired) electrons. The summed E-state index contributed by atoms with van der Waals surface area (Å²) >= 11 is 0. The van der Waals surface area contributed by atoms with E-state index in [2.05, 4.69) is 0 Å². The van der Waals surface area contributed by atoms with Crippen LogP contribution >= 0.6 is 0 Å². The average Bonchev–Trinajstić information content (AvgIpc) is 0.811. The number of nitrogens with zero attached hydrogens (tertiary/aromatic N) is 1. The van der Waals surface area contributed by atoms with Crippen LogP contribution < -0.4 is 18.9 Å². The van der Waals surface area contributed by atoms with Gasteiger partial charge in [-0.05, 0) is 0 Å².